The van der Waals surface area contributed by atoms with Gasteiger partial charge in [-0.2, -0.15) is 0 Å². The summed E-state index contributed by atoms with van der Waals surface area (Å²) >= 11 is 0. The maximum absolute atomic E-state index is 12.2. The number of amides is 2. The fourth-order valence-electron chi connectivity index (χ4n) is 3.08. The maximum Gasteiger partial charge on any atom is 0.244 e. The number of nitrogens with two attached hydrogens (primary N) is 1. The molecule has 0 bridgehead atoms. The monoisotopic (exact) mass is 267 g/mol. The van der Waals surface area contributed by atoms with Crippen LogP contribution in [-0.2, 0) is 9.59 Å². The fourth-order valence-corrected chi connectivity index (χ4v) is 3.08. The summed E-state index contributed by atoms with van der Waals surface area (Å²) in [6.45, 7) is 3.42. The highest BCUT2D eigenvalue weighted by Gasteiger charge is 2.32. The van der Waals surface area contributed by atoms with Gasteiger partial charge < -0.3 is 16.0 Å². The maximum atomic E-state index is 12.2. The summed E-state index contributed by atoms with van der Waals surface area (Å²) in [5.41, 5.74) is 5.92. The Labute approximate surface area is 114 Å². The van der Waals surface area contributed by atoms with Crippen LogP contribution in [0.25, 0.3) is 0 Å². The van der Waals surface area contributed by atoms with Gasteiger partial charge in [0.15, 0.2) is 0 Å². The lowest BCUT2D eigenvalue weighted by atomic mass is 10.0. The second-order valence-corrected chi connectivity index (χ2v) is 5.82. The molecule has 2 fully saturated rings. The molecule has 3 unspecified atom stereocenters. The number of hydrogen-bond donors (Lipinski definition) is 2. The Hall–Kier alpha value is -1.10. The quantitative estimate of drug-likeness (QED) is 0.787. The lowest BCUT2D eigenvalue weighted by Gasteiger charge is -2.30. The van der Waals surface area contributed by atoms with Gasteiger partial charge >= 0.3 is 0 Å². The zero-order valence-corrected chi connectivity index (χ0v) is 11.7. The second kappa shape index (κ2) is 6.37. The van der Waals surface area contributed by atoms with E-state index >= 15 is 0 Å². The van der Waals surface area contributed by atoms with E-state index in [-0.39, 0.29) is 23.8 Å². The van der Waals surface area contributed by atoms with Gasteiger partial charge in [0, 0.05) is 19.1 Å². The van der Waals surface area contributed by atoms with Crippen LogP contribution >= 0.6 is 0 Å². The van der Waals surface area contributed by atoms with E-state index in [1.807, 2.05) is 4.90 Å². The highest BCUT2D eigenvalue weighted by Crippen LogP contribution is 2.24. The molecular formula is C14H25N3O2. The van der Waals surface area contributed by atoms with E-state index in [0.29, 0.717) is 0 Å². The van der Waals surface area contributed by atoms with Crippen molar-refractivity contribution in [2.24, 2.45) is 11.7 Å². The minimum atomic E-state index is -0.432. The molecule has 0 aromatic heterocycles. The van der Waals surface area contributed by atoms with Crippen molar-refractivity contribution in [1.29, 1.82) is 0 Å². The third kappa shape index (κ3) is 3.47. The summed E-state index contributed by atoms with van der Waals surface area (Å²) in [5.74, 6) is -0.126. The average molecular weight is 267 g/mol. The molecule has 1 heterocycles. The molecule has 108 valence electrons. The molecule has 1 saturated carbocycles. The van der Waals surface area contributed by atoms with E-state index in [1.165, 1.54) is 6.42 Å². The molecule has 1 aliphatic carbocycles. The molecule has 1 aliphatic heterocycles. The van der Waals surface area contributed by atoms with Crippen LogP contribution in [0.4, 0.5) is 0 Å². The predicted octanol–water partition coefficient (Wildman–Crippen LogP) is 0.631. The Morgan fingerprint density at radius 3 is 2.42 bits per heavy atom. The Bertz CT molecular complexity index is 340. The molecule has 3 atom stereocenters. The molecule has 2 amide bonds. The molecule has 5 heteroatoms. The van der Waals surface area contributed by atoms with Gasteiger partial charge in [0.25, 0.3) is 0 Å². The zero-order chi connectivity index (χ0) is 13.8. The zero-order valence-electron chi connectivity index (χ0n) is 11.7. The van der Waals surface area contributed by atoms with Crippen LogP contribution in [0.1, 0.15) is 45.4 Å². The SMILES string of the molecule is CC(NC(=O)C1CCCC1N)C(=O)N1CCCCC1. The number of rotatable bonds is 3. The Morgan fingerprint density at radius 1 is 1.16 bits per heavy atom. The van der Waals surface area contributed by atoms with Crippen molar-refractivity contribution in [3.05, 3.63) is 0 Å². The standard InChI is InChI=1S/C14H25N3O2/c1-10(14(19)17-8-3-2-4-9-17)16-13(18)11-6-5-7-12(11)15/h10-12H,2-9,15H2,1H3,(H,16,18). The third-order valence-corrected chi connectivity index (χ3v) is 4.30. The number of carbonyl (C=O) groups is 2. The fraction of sp³-hybridized carbons (Fsp3) is 0.857. The number of piperidine rings is 1. The first-order valence-electron chi connectivity index (χ1n) is 7.44. The van der Waals surface area contributed by atoms with Crippen LogP contribution in [0.15, 0.2) is 0 Å². The van der Waals surface area contributed by atoms with Crippen LogP contribution in [-0.4, -0.2) is 41.9 Å². The molecule has 0 radical (unpaired) electrons. The van der Waals surface area contributed by atoms with Crippen LogP contribution in [0.2, 0.25) is 0 Å². The van der Waals surface area contributed by atoms with E-state index in [1.54, 1.807) is 6.92 Å². The van der Waals surface area contributed by atoms with Crippen molar-refractivity contribution in [3.63, 3.8) is 0 Å². The Balaban J connectivity index is 1.83. The lowest BCUT2D eigenvalue weighted by molar-refractivity contribution is -0.137. The predicted molar refractivity (Wildman–Crippen MR) is 73.4 cm³/mol. The van der Waals surface area contributed by atoms with Crippen LogP contribution in [0, 0.1) is 5.92 Å². The Kier molecular flexibility index (Phi) is 4.80. The molecule has 1 saturated heterocycles. The van der Waals surface area contributed by atoms with E-state index in [2.05, 4.69) is 5.32 Å². The van der Waals surface area contributed by atoms with Gasteiger partial charge in [-0.15, -0.1) is 0 Å². The summed E-state index contributed by atoms with van der Waals surface area (Å²) in [6.07, 6.45) is 6.10. The Morgan fingerprint density at radius 2 is 1.84 bits per heavy atom. The van der Waals surface area contributed by atoms with Crippen molar-refractivity contribution >= 4 is 11.8 Å². The van der Waals surface area contributed by atoms with E-state index in [9.17, 15) is 9.59 Å². The molecule has 2 rings (SSSR count). The van der Waals surface area contributed by atoms with E-state index in [0.717, 1.165) is 45.2 Å². The first-order chi connectivity index (χ1) is 9.09. The van der Waals surface area contributed by atoms with Crippen LogP contribution in [0.5, 0.6) is 0 Å². The summed E-state index contributed by atoms with van der Waals surface area (Å²) in [6, 6.07) is -0.476. The highest BCUT2D eigenvalue weighted by atomic mass is 16.2. The van der Waals surface area contributed by atoms with Gasteiger partial charge in [-0.05, 0) is 39.0 Å². The number of likely N-dealkylation sites (tertiary alicyclic amines) is 1. The van der Waals surface area contributed by atoms with Gasteiger partial charge in [0.05, 0.1) is 5.92 Å². The second-order valence-electron chi connectivity index (χ2n) is 5.82. The number of nitrogens with zero attached hydrogens (tertiary/aromatic N) is 1. The van der Waals surface area contributed by atoms with Crippen molar-refractivity contribution in [3.8, 4) is 0 Å². The summed E-state index contributed by atoms with van der Waals surface area (Å²) in [4.78, 5) is 26.2. The van der Waals surface area contributed by atoms with E-state index in [4.69, 9.17) is 5.73 Å². The molecule has 2 aliphatic rings. The van der Waals surface area contributed by atoms with Gasteiger partial charge in [0.1, 0.15) is 6.04 Å². The summed E-state index contributed by atoms with van der Waals surface area (Å²) < 4.78 is 0. The molecular weight excluding hydrogens is 242 g/mol. The van der Waals surface area contributed by atoms with Crippen LogP contribution < -0.4 is 11.1 Å². The van der Waals surface area contributed by atoms with Gasteiger partial charge in [0.2, 0.25) is 11.8 Å². The molecule has 0 aromatic carbocycles. The molecule has 3 N–H and O–H groups in total. The first-order valence-corrected chi connectivity index (χ1v) is 7.44. The van der Waals surface area contributed by atoms with Crippen LogP contribution in [0.3, 0.4) is 0 Å². The van der Waals surface area contributed by atoms with E-state index < -0.39 is 6.04 Å². The first kappa shape index (κ1) is 14.3. The normalized spacial score (nSPS) is 29.1. The molecule has 5 nitrogen and oxygen atoms in total. The largest absolute Gasteiger partial charge is 0.344 e. The summed E-state index contributed by atoms with van der Waals surface area (Å²) in [7, 11) is 0. The van der Waals surface area contributed by atoms with Gasteiger partial charge in [-0.3, -0.25) is 9.59 Å². The minimum Gasteiger partial charge on any atom is -0.344 e. The number of nitrogens with one attached hydrogen (secondary N) is 1. The lowest BCUT2D eigenvalue weighted by Crippen LogP contribution is -2.51. The van der Waals surface area contributed by atoms with Crippen molar-refractivity contribution in [2.75, 3.05) is 13.1 Å². The van der Waals surface area contributed by atoms with Crippen molar-refractivity contribution in [2.45, 2.75) is 57.5 Å². The molecule has 19 heavy (non-hydrogen) atoms. The molecule has 0 aromatic rings. The highest BCUT2D eigenvalue weighted by molar-refractivity contribution is 5.88. The van der Waals surface area contributed by atoms with Crippen molar-refractivity contribution in [1.82, 2.24) is 10.2 Å². The van der Waals surface area contributed by atoms with Crippen molar-refractivity contribution < 1.29 is 9.59 Å². The number of carbonyl (C=O) groups excluding carboxylic acids is 2. The topological polar surface area (TPSA) is 75.4 Å². The minimum absolute atomic E-state index is 0.0413. The van der Waals surface area contributed by atoms with Gasteiger partial charge in [-0.25, -0.2) is 0 Å². The van der Waals surface area contributed by atoms with Gasteiger partial charge in [-0.1, -0.05) is 6.42 Å². The summed E-state index contributed by atoms with van der Waals surface area (Å²) in [5, 5.41) is 2.84. The molecule has 0 spiro atoms. The average Bonchev–Trinajstić information content (AvgIpc) is 2.85. The number of hydrogen-bond acceptors (Lipinski definition) is 3. The third-order valence-electron chi connectivity index (χ3n) is 4.30. The smallest absolute Gasteiger partial charge is 0.244 e.